The average Bonchev–Trinajstić information content (AvgIpc) is 3.32. The number of aryl methyl sites for hydroxylation is 2. The van der Waals surface area contributed by atoms with Crippen molar-refractivity contribution < 1.29 is 14.3 Å². The first kappa shape index (κ1) is 21.3. The lowest BCUT2D eigenvalue weighted by molar-refractivity contribution is -0.118. The van der Waals surface area contributed by atoms with Gasteiger partial charge in [-0.25, -0.2) is 0 Å². The third-order valence-electron chi connectivity index (χ3n) is 4.74. The first-order valence-electron chi connectivity index (χ1n) is 9.83. The molecule has 1 amide bonds. The maximum Gasteiger partial charge on any atom is 0.248 e. The van der Waals surface area contributed by atoms with Crippen LogP contribution in [0.5, 0.6) is 11.5 Å². The monoisotopic (exact) mass is 460 g/mol. The molecule has 0 radical (unpaired) electrons. The van der Waals surface area contributed by atoms with Crippen LogP contribution in [-0.2, 0) is 11.3 Å². The summed E-state index contributed by atoms with van der Waals surface area (Å²) in [6, 6.07) is 12.5. The molecule has 3 aromatic rings. The third kappa shape index (κ3) is 5.04. The summed E-state index contributed by atoms with van der Waals surface area (Å²) in [6.45, 7) is 3.14. The number of nitrogens with zero attached hydrogens (tertiary/aromatic N) is 2. The number of aromatic nitrogens is 1. The molecule has 4 rings (SSSR count). The molecule has 0 unspecified atom stereocenters. The molecule has 2 heterocycles. The number of benzene rings is 2. The number of amides is 1. The normalized spacial score (nSPS) is 13.3. The molecule has 0 spiro atoms. The van der Waals surface area contributed by atoms with Crippen molar-refractivity contribution in [1.29, 1.82) is 0 Å². The Morgan fingerprint density at radius 2 is 1.93 bits per heavy atom. The van der Waals surface area contributed by atoms with Gasteiger partial charge >= 0.3 is 0 Å². The number of fused-ring (bicyclic) bond motifs is 2. The first-order chi connectivity index (χ1) is 14.6. The lowest BCUT2D eigenvalue weighted by atomic mass is 10.2. The van der Waals surface area contributed by atoms with Crippen molar-refractivity contribution in [2.45, 2.75) is 31.2 Å². The van der Waals surface area contributed by atoms with E-state index < -0.39 is 0 Å². The van der Waals surface area contributed by atoms with Crippen LogP contribution in [0.1, 0.15) is 18.4 Å². The average molecular weight is 461 g/mol. The summed E-state index contributed by atoms with van der Waals surface area (Å²) < 4.78 is 14.2. The maximum absolute atomic E-state index is 12.5. The fourth-order valence-electron chi connectivity index (χ4n) is 3.15. The molecule has 158 valence electrons. The Morgan fingerprint density at radius 1 is 1.17 bits per heavy atom. The van der Waals surface area contributed by atoms with Crippen LogP contribution in [-0.4, -0.2) is 35.0 Å². The van der Waals surface area contributed by atoms with Crippen LogP contribution in [0.25, 0.3) is 10.2 Å². The van der Waals surface area contributed by atoms with E-state index in [9.17, 15) is 4.79 Å². The second-order valence-corrected chi connectivity index (χ2v) is 10.1. The summed E-state index contributed by atoms with van der Waals surface area (Å²) in [6.07, 6.45) is 3.35. The molecule has 0 N–H and O–H groups in total. The quantitative estimate of drug-likeness (QED) is 0.346. The van der Waals surface area contributed by atoms with Crippen LogP contribution in [0.2, 0.25) is 0 Å². The van der Waals surface area contributed by atoms with E-state index in [1.807, 2.05) is 12.1 Å². The molecule has 8 heteroatoms. The van der Waals surface area contributed by atoms with E-state index in [0.717, 1.165) is 51.0 Å². The van der Waals surface area contributed by atoms with Gasteiger partial charge in [-0.05, 0) is 37.5 Å². The Bertz CT molecular complexity index is 1100. The highest BCUT2D eigenvalue weighted by Gasteiger charge is 2.18. The van der Waals surface area contributed by atoms with Crippen molar-refractivity contribution >= 4 is 51.0 Å². The van der Waals surface area contributed by atoms with Crippen LogP contribution in [0.15, 0.2) is 46.3 Å². The number of thiazole rings is 1. The zero-order chi connectivity index (χ0) is 20.9. The molecule has 1 aromatic heterocycles. The smallest absolute Gasteiger partial charge is 0.248 e. The minimum Gasteiger partial charge on any atom is -0.454 e. The van der Waals surface area contributed by atoms with Gasteiger partial charge in [-0.3, -0.25) is 4.79 Å². The molecular weight excluding hydrogens is 436 g/mol. The van der Waals surface area contributed by atoms with Crippen LogP contribution in [0.4, 0.5) is 0 Å². The molecule has 0 saturated heterocycles. The van der Waals surface area contributed by atoms with E-state index >= 15 is 0 Å². The fraction of sp³-hybridized carbons (Fsp3) is 0.364. The van der Waals surface area contributed by atoms with E-state index in [0.29, 0.717) is 6.42 Å². The highest BCUT2D eigenvalue weighted by atomic mass is 32.2. The second-order valence-electron chi connectivity index (χ2n) is 6.97. The standard InChI is InChI=1S/C22H24N2O3S3/c1-15-5-7-16(8-6-15)29-10-3-4-21(25)23-22-24(9-11-28-2)17-12-18-19(27-14-26-18)13-20(17)30-22/h5-8,12-13H,3-4,9-11,14H2,1-2H3. The number of carbonyl (C=O) groups is 1. The van der Waals surface area contributed by atoms with Crippen molar-refractivity contribution in [1.82, 2.24) is 4.57 Å². The minimum absolute atomic E-state index is 0.0657. The van der Waals surface area contributed by atoms with Gasteiger partial charge in [0.05, 0.1) is 10.2 Å². The predicted molar refractivity (Wildman–Crippen MR) is 126 cm³/mol. The van der Waals surface area contributed by atoms with Crippen LogP contribution >= 0.6 is 34.9 Å². The molecular formula is C22H24N2O3S3. The Hall–Kier alpha value is -1.90. The summed E-state index contributed by atoms with van der Waals surface area (Å²) in [5.74, 6) is 3.30. The number of rotatable bonds is 8. The van der Waals surface area contributed by atoms with Gasteiger partial charge in [-0.15, -0.1) is 11.8 Å². The summed E-state index contributed by atoms with van der Waals surface area (Å²) in [5, 5.41) is 0. The molecule has 0 saturated carbocycles. The lowest BCUT2D eigenvalue weighted by Crippen LogP contribution is -2.18. The zero-order valence-electron chi connectivity index (χ0n) is 17.1. The topological polar surface area (TPSA) is 52.8 Å². The number of thioether (sulfide) groups is 2. The molecule has 2 aromatic carbocycles. The number of hydrogen-bond donors (Lipinski definition) is 0. The minimum atomic E-state index is -0.0657. The fourth-order valence-corrected chi connectivity index (χ4v) is 5.46. The van der Waals surface area contributed by atoms with E-state index in [-0.39, 0.29) is 12.7 Å². The molecule has 0 fully saturated rings. The summed E-state index contributed by atoms with van der Waals surface area (Å²) in [5.41, 5.74) is 2.30. The van der Waals surface area contributed by atoms with Crippen LogP contribution < -0.4 is 14.3 Å². The van der Waals surface area contributed by atoms with E-state index in [1.165, 1.54) is 21.8 Å². The van der Waals surface area contributed by atoms with Crippen LogP contribution in [0, 0.1) is 6.92 Å². The highest BCUT2D eigenvalue weighted by molar-refractivity contribution is 7.99. The van der Waals surface area contributed by atoms with Gasteiger partial charge in [0.2, 0.25) is 12.7 Å². The molecule has 0 atom stereocenters. The van der Waals surface area contributed by atoms with Crippen molar-refractivity contribution in [3.05, 3.63) is 46.8 Å². The van der Waals surface area contributed by atoms with Gasteiger partial charge in [-0.2, -0.15) is 16.8 Å². The Labute approximate surface area is 188 Å². The van der Waals surface area contributed by atoms with Crippen molar-refractivity contribution in [2.24, 2.45) is 4.99 Å². The number of hydrogen-bond acceptors (Lipinski definition) is 6. The van der Waals surface area contributed by atoms with Crippen molar-refractivity contribution in [2.75, 3.05) is 24.6 Å². The second kappa shape index (κ2) is 9.94. The highest BCUT2D eigenvalue weighted by Crippen LogP contribution is 2.37. The van der Waals surface area contributed by atoms with E-state index in [2.05, 4.69) is 47.0 Å². The number of ether oxygens (including phenoxy) is 2. The van der Waals surface area contributed by atoms with Crippen LogP contribution in [0.3, 0.4) is 0 Å². The molecule has 0 bridgehead atoms. The first-order valence-corrected chi connectivity index (χ1v) is 13.0. The molecule has 0 aliphatic carbocycles. The predicted octanol–water partition coefficient (Wildman–Crippen LogP) is 5.10. The summed E-state index contributed by atoms with van der Waals surface area (Å²) in [4.78, 5) is 19.0. The van der Waals surface area contributed by atoms with Crippen molar-refractivity contribution in [3.63, 3.8) is 0 Å². The Morgan fingerprint density at radius 3 is 2.70 bits per heavy atom. The zero-order valence-corrected chi connectivity index (χ0v) is 19.5. The third-order valence-corrected chi connectivity index (χ3v) is 7.47. The molecule has 30 heavy (non-hydrogen) atoms. The molecule has 1 aliphatic rings. The van der Waals surface area contributed by atoms with Gasteiger partial charge in [-0.1, -0.05) is 29.0 Å². The van der Waals surface area contributed by atoms with Gasteiger partial charge in [0, 0.05) is 35.7 Å². The molecule has 1 aliphatic heterocycles. The largest absolute Gasteiger partial charge is 0.454 e. The van der Waals surface area contributed by atoms with Gasteiger partial charge in [0.1, 0.15) is 0 Å². The van der Waals surface area contributed by atoms with Crippen molar-refractivity contribution in [3.8, 4) is 11.5 Å². The SMILES string of the molecule is CSCCn1c(=NC(=O)CCCSc2ccc(C)cc2)sc2cc3c(cc21)OCO3. The number of carbonyl (C=O) groups excluding carboxylic acids is 1. The summed E-state index contributed by atoms with van der Waals surface area (Å²) in [7, 11) is 0. The van der Waals surface area contributed by atoms with Gasteiger partial charge in [0.15, 0.2) is 16.3 Å². The van der Waals surface area contributed by atoms with Gasteiger partial charge in [0.25, 0.3) is 0 Å². The van der Waals surface area contributed by atoms with Gasteiger partial charge < -0.3 is 14.0 Å². The van der Waals surface area contributed by atoms with E-state index in [1.54, 1.807) is 23.5 Å². The summed E-state index contributed by atoms with van der Waals surface area (Å²) >= 11 is 5.09. The van der Waals surface area contributed by atoms with E-state index in [4.69, 9.17) is 9.47 Å². The maximum atomic E-state index is 12.5. The lowest BCUT2D eigenvalue weighted by Gasteiger charge is -2.04. The Balaban J connectivity index is 1.46. The Kier molecular flexibility index (Phi) is 7.07. The molecule has 5 nitrogen and oxygen atoms in total.